The van der Waals surface area contributed by atoms with Crippen LogP contribution < -0.4 is 10.2 Å². The summed E-state index contributed by atoms with van der Waals surface area (Å²) in [4.78, 5) is 25.1. The van der Waals surface area contributed by atoms with Crippen molar-refractivity contribution in [2.24, 2.45) is 11.8 Å². The summed E-state index contributed by atoms with van der Waals surface area (Å²) in [7, 11) is 0. The van der Waals surface area contributed by atoms with E-state index in [9.17, 15) is 4.79 Å². The number of anilines is 1. The fourth-order valence-electron chi connectivity index (χ4n) is 7.81. The van der Waals surface area contributed by atoms with Crippen LogP contribution in [-0.4, -0.2) is 52.1 Å². The highest BCUT2D eigenvalue weighted by Gasteiger charge is 2.67. The first kappa shape index (κ1) is 32.2. The topological polar surface area (TPSA) is 94.4 Å². The van der Waals surface area contributed by atoms with Crippen molar-refractivity contribution in [3.05, 3.63) is 105 Å². The number of aromatic nitrogens is 4. The van der Waals surface area contributed by atoms with Gasteiger partial charge in [0.2, 0.25) is 0 Å². The molecule has 0 radical (unpaired) electrons. The van der Waals surface area contributed by atoms with Crippen molar-refractivity contribution in [3.8, 4) is 11.3 Å². The summed E-state index contributed by atoms with van der Waals surface area (Å²) in [6.07, 6.45) is 4.70. The molecular formula is C37H35BrClFN6O3. The van der Waals surface area contributed by atoms with Crippen molar-refractivity contribution in [3.63, 3.8) is 0 Å². The maximum Gasteiger partial charge on any atom is 0.407 e. The molecule has 252 valence electrons. The summed E-state index contributed by atoms with van der Waals surface area (Å²) in [5, 5.41) is 8.52. The van der Waals surface area contributed by atoms with Gasteiger partial charge in [0.1, 0.15) is 29.5 Å². The molecule has 4 atom stereocenters. The summed E-state index contributed by atoms with van der Waals surface area (Å²) in [6, 6.07) is 22.2. The van der Waals surface area contributed by atoms with Crippen LogP contribution in [0.2, 0.25) is 5.02 Å². The molecule has 1 N–H and O–H groups in total. The minimum absolute atomic E-state index is 0.0905. The quantitative estimate of drug-likeness (QED) is 0.172. The molecule has 9 nitrogen and oxygen atoms in total. The fraction of sp³-hybridized carbons (Fsp3) is 0.351. The van der Waals surface area contributed by atoms with Gasteiger partial charge in [-0.25, -0.2) is 23.8 Å². The van der Waals surface area contributed by atoms with Gasteiger partial charge in [-0.15, -0.1) is 0 Å². The van der Waals surface area contributed by atoms with Gasteiger partial charge in [-0.05, 0) is 76.7 Å². The maximum atomic E-state index is 15.5. The number of ether oxygens (including phenoxy) is 2. The predicted molar refractivity (Wildman–Crippen MR) is 189 cm³/mol. The molecule has 0 spiro atoms. The SMILES string of the molecule is O=C(NC[C@]1(c2ccccc2F)[C@@H]2CCN(c3cnc4c(-c5cccc(Br)c5Cl)nn(C5CCCCO5)c4n3)C[C@@H]21)OCc1ccccc1. The minimum atomic E-state index is -0.564. The van der Waals surface area contributed by atoms with Crippen molar-refractivity contribution < 1.29 is 18.7 Å². The van der Waals surface area contributed by atoms with E-state index in [-0.39, 0.29) is 37.0 Å². The second-order valence-corrected chi connectivity index (χ2v) is 14.2. The Morgan fingerprint density at radius 1 is 1.06 bits per heavy atom. The molecule has 5 aromatic rings. The lowest BCUT2D eigenvalue weighted by Gasteiger charge is -2.27. The van der Waals surface area contributed by atoms with Crippen LogP contribution in [0.1, 0.15) is 43.0 Å². The number of carbonyl (C=O) groups is 1. The third-order valence-electron chi connectivity index (χ3n) is 10.3. The van der Waals surface area contributed by atoms with Crippen LogP contribution in [0.3, 0.4) is 0 Å². The molecule has 49 heavy (non-hydrogen) atoms. The molecule has 1 aliphatic carbocycles. The van der Waals surface area contributed by atoms with Gasteiger partial charge in [0.15, 0.2) is 11.9 Å². The number of hydrogen-bond donors (Lipinski definition) is 1. The number of piperidine rings is 1. The van der Waals surface area contributed by atoms with E-state index in [0.717, 1.165) is 47.1 Å². The van der Waals surface area contributed by atoms with Crippen LogP contribution in [0.4, 0.5) is 15.0 Å². The van der Waals surface area contributed by atoms with Crippen LogP contribution in [0, 0.1) is 17.7 Å². The monoisotopic (exact) mass is 744 g/mol. The van der Waals surface area contributed by atoms with Gasteiger partial charge < -0.3 is 19.7 Å². The predicted octanol–water partition coefficient (Wildman–Crippen LogP) is 8.07. The van der Waals surface area contributed by atoms with Crippen molar-refractivity contribution in [1.29, 1.82) is 0 Å². The van der Waals surface area contributed by atoms with Crippen molar-refractivity contribution >= 4 is 50.6 Å². The van der Waals surface area contributed by atoms with Gasteiger partial charge in [0, 0.05) is 41.7 Å². The van der Waals surface area contributed by atoms with Crippen molar-refractivity contribution in [2.75, 3.05) is 31.1 Å². The Bertz CT molecular complexity index is 2010. The van der Waals surface area contributed by atoms with E-state index < -0.39 is 11.5 Å². The van der Waals surface area contributed by atoms with Crippen molar-refractivity contribution in [1.82, 2.24) is 25.1 Å². The molecule has 2 aromatic heterocycles. The Hall–Kier alpha value is -4.06. The van der Waals surface area contributed by atoms with Gasteiger partial charge >= 0.3 is 6.09 Å². The Balaban J connectivity index is 1.08. The van der Waals surface area contributed by atoms with Crippen LogP contribution in [0.5, 0.6) is 0 Å². The Morgan fingerprint density at radius 3 is 2.71 bits per heavy atom. The minimum Gasteiger partial charge on any atom is -0.445 e. The molecule has 2 aliphatic heterocycles. The van der Waals surface area contributed by atoms with Crippen LogP contribution >= 0.6 is 27.5 Å². The molecule has 3 fully saturated rings. The second-order valence-electron chi connectivity index (χ2n) is 13.0. The fourth-order valence-corrected chi connectivity index (χ4v) is 8.39. The summed E-state index contributed by atoms with van der Waals surface area (Å²) in [6.45, 7) is 2.46. The molecule has 3 aromatic carbocycles. The third kappa shape index (κ3) is 5.95. The number of rotatable bonds is 8. The van der Waals surface area contributed by atoms with E-state index in [0.29, 0.717) is 47.1 Å². The molecular weight excluding hydrogens is 711 g/mol. The zero-order chi connectivity index (χ0) is 33.5. The highest BCUT2D eigenvalue weighted by Crippen LogP contribution is 2.63. The van der Waals surface area contributed by atoms with E-state index in [2.05, 4.69) is 26.1 Å². The standard InChI is InChI=1S/C37H35BrClFN6O3/c38-28-13-8-11-24(32(28)39)33-34-35(46(44-33)31-15-6-7-18-48-31)43-30(19-41-34)45-17-16-25-27(20-45)37(25,26-12-4-5-14-29(26)40)22-42-36(47)49-21-23-9-2-1-3-10-23/h1-5,8-14,19,25,27,31H,6-7,15-18,20-22H2,(H,42,47)/t25-,27+,31?,37-/m1/s1. The summed E-state index contributed by atoms with van der Waals surface area (Å²) in [5.41, 5.74) is 3.67. The Labute approximate surface area is 296 Å². The van der Waals surface area contributed by atoms with Gasteiger partial charge in [-0.3, -0.25) is 0 Å². The smallest absolute Gasteiger partial charge is 0.407 e. The first-order valence-corrected chi connectivity index (χ1v) is 17.9. The lowest BCUT2D eigenvalue weighted by Crippen LogP contribution is -2.36. The van der Waals surface area contributed by atoms with E-state index >= 15 is 4.39 Å². The maximum absolute atomic E-state index is 15.5. The summed E-state index contributed by atoms with van der Waals surface area (Å²) < 4.78 is 29.8. The number of halogens is 3. The van der Waals surface area contributed by atoms with Crippen LogP contribution in [0.25, 0.3) is 22.4 Å². The van der Waals surface area contributed by atoms with Crippen LogP contribution in [0.15, 0.2) is 83.5 Å². The second kappa shape index (κ2) is 13.3. The number of nitrogens with zero attached hydrogens (tertiary/aromatic N) is 5. The molecule has 1 saturated carbocycles. The number of alkyl carbamates (subject to hydrolysis) is 1. The lowest BCUT2D eigenvalue weighted by molar-refractivity contribution is -0.0368. The van der Waals surface area contributed by atoms with Gasteiger partial charge in [-0.1, -0.05) is 72.3 Å². The molecule has 12 heteroatoms. The number of amides is 1. The van der Waals surface area contributed by atoms with E-state index in [4.69, 9.17) is 36.1 Å². The molecule has 8 rings (SSSR count). The van der Waals surface area contributed by atoms with Gasteiger partial charge in [0.05, 0.1) is 11.2 Å². The Kier molecular flexibility index (Phi) is 8.75. The molecule has 1 unspecified atom stereocenters. The van der Waals surface area contributed by atoms with E-state index in [1.165, 1.54) is 6.07 Å². The first-order valence-electron chi connectivity index (χ1n) is 16.7. The number of benzene rings is 3. The van der Waals surface area contributed by atoms with Gasteiger partial charge in [0.25, 0.3) is 0 Å². The van der Waals surface area contributed by atoms with Crippen LogP contribution in [-0.2, 0) is 21.5 Å². The number of fused-ring (bicyclic) bond motifs is 2. The number of hydrogen-bond acceptors (Lipinski definition) is 7. The highest BCUT2D eigenvalue weighted by atomic mass is 79.9. The number of carbonyl (C=O) groups excluding carboxylic acids is 1. The first-order chi connectivity index (χ1) is 23.9. The zero-order valence-corrected chi connectivity index (χ0v) is 29.0. The third-order valence-corrected chi connectivity index (χ3v) is 11.6. The molecule has 0 bridgehead atoms. The molecule has 2 saturated heterocycles. The largest absolute Gasteiger partial charge is 0.445 e. The lowest BCUT2D eigenvalue weighted by atomic mass is 9.90. The normalized spacial score (nSPS) is 23.2. The molecule has 1 amide bonds. The van der Waals surface area contributed by atoms with E-state index in [1.54, 1.807) is 12.3 Å². The molecule has 3 aliphatic rings. The average Bonchev–Trinajstić information content (AvgIpc) is 3.63. The van der Waals surface area contributed by atoms with E-state index in [1.807, 2.05) is 65.3 Å². The average molecular weight is 746 g/mol. The summed E-state index contributed by atoms with van der Waals surface area (Å²) >= 11 is 10.3. The molecule has 4 heterocycles. The summed E-state index contributed by atoms with van der Waals surface area (Å²) in [5.74, 6) is 0.740. The Morgan fingerprint density at radius 2 is 1.90 bits per heavy atom. The highest BCUT2D eigenvalue weighted by molar-refractivity contribution is 9.10. The van der Waals surface area contributed by atoms with Gasteiger partial charge in [-0.2, -0.15) is 5.10 Å². The number of nitrogens with one attached hydrogen (secondary N) is 1. The zero-order valence-electron chi connectivity index (χ0n) is 26.7. The van der Waals surface area contributed by atoms with Crippen molar-refractivity contribution in [2.45, 2.75) is 43.9 Å².